The van der Waals surface area contributed by atoms with Crippen LogP contribution in [-0.2, 0) is 4.79 Å². The fourth-order valence-corrected chi connectivity index (χ4v) is 2.65. The van der Waals surface area contributed by atoms with Gasteiger partial charge in [-0.3, -0.25) is 4.40 Å². The molecule has 0 amide bonds. The second-order valence-corrected chi connectivity index (χ2v) is 4.97. The summed E-state index contributed by atoms with van der Waals surface area (Å²) in [5, 5.41) is 8.86. The third kappa shape index (κ3) is 2.39. The van der Waals surface area contributed by atoms with Gasteiger partial charge in [0.1, 0.15) is 5.65 Å². The number of carbonyl (C=O) groups is 1. The molecule has 1 N–H and O–H groups in total. The highest BCUT2D eigenvalue weighted by Crippen LogP contribution is 2.25. The highest BCUT2D eigenvalue weighted by molar-refractivity contribution is 5.86. The van der Waals surface area contributed by atoms with E-state index in [4.69, 9.17) is 5.11 Å². The second kappa shape index (κ2) is 5.36. The number of aromatic nitrogens is 2. The molecule has 0 radical (unpaired) electrons. The minimum atomic E-state index is -0.944. The molecule has 104 valence electrons. The molecule has 0 aliphatic carbocycles. The molecule has 0 atom stereocenters. The number of hydrogen-bond acceptors (Lipinski definition) is 3. The van der Waals surface area contributed by atoms with Gasteiger partial charge in [-0.15, -0.1) is 0 Å². The quantitative estimate of drug-likeness (QED) is 0.871. The molecule has 20 heavy (non-hydrogen) atoms. The van der Waals surface area contributed by atoms with E-state index in [0.29, 0.717) is 0 Å². The van der Waals surface area contributed by atoms with Crippen LogP contribution in [-0.4, -0.2) is 33.6 Å². The number of nitrogens with zero attached hydrogens (tertiary/aromatic N) is 3. The van der Waals surface area contributed by atoms with E-state index in [-0.39, 0.29) is 0 Å². The molecule has 1 fully saturated rings. The lowest BCUT2D eigenvalue weighted by molar-refractivity contribution is -0.131. The average molecular weight is 271 g/mol. The summed E-state index contributed by atoms with van der Waals surface area (Å²) in [5.41, 5.74) is 1.68. The molecule has 2 aromatic heterocycles. The largest absolute Gasteiger partial charge is 0.478 e. The van der Waals surface area contributed by atoms with Crippen LogP contribution in [0.25, 0.3) is 11.7 Å². The van der Waals surface area contributed by atoms with E-state index < -0.39 is 5.97 Å². The molecule has 3 heterocycles. The molecular formula is C15H17N3O2. The Labute approximate surface area is 117 Å². The van der Waals surface area contributed by atoms with Gasteiger partial charge in [-0.25, -0.2) is 9.78 Å². The second-order valence-electron chi connectivity index (χ2n) is 4.97. The summed E-state index contributed by atoms with van der Waals surface area (Å²) in [6, 6.07) is 5.80. The molecule has 0 saturated carbocycles. The van der Waals surface area contributed by atoms with Gasteiger partial charge in [-0.1, -0.05) is 6.07 Å². The van der Waals surface area contributed by atoms with Crippen molar-refractivity contribution in [3.8, 4) is 0 Å². The highest BCUT2D eigenvalue weighted by atomic mass is 16.4. The van der Waals surface area contributed by atoms with Gasteiger partial charge >= 0.3 is 5.97 Å². The first-order valence-electron chi connectivity index (χ1n) is 6.89. The third-order valence-corrected chi connectivity index (χ3v) is 3.59. The van der Waals surface area contributed by atoms with Gasteiger partial charge in [0.05, 0.1) is 5.69 Å². The van der Waals surface area contributed by atoms with Crippen molar-refractivity contribution in [1.29, 1.82) is 0 Å². The number of carboxylic acid groups (broad SMARTS) is 1. The van der Waals surface area contributed by atoms with Gasteiger partial charge in [-0.2, -0.15) is 0 Å². The Morgan fingerprint density at radius 1 is 1.25 bits per heavy atom. The van der Waals surface area contributed by atoms with Crippen LogP contribution in [0, 0.1) is 0 Å². The van der Waals surface area contributed by atoms with E-state index in [9.17, 15) is 4.79 Å². The maximum absolute atomic E-state index is 10.8. The molecule has 0 unspecified atom stereocenters. The van der Waals surface area contributed by atoms with E-state index in [1.165, 1.54) is 12.5 Å². The monoisotopic (exact) mass is 271 g/mol. The number of pyridine rings is 1. The van der Waals surface area contributed by atoms with Gasteiger partial charge in [0.15, 0.2) is 5.82 Å². The molecular weight excluding hydrogens is 254 g/mol. The van der Waals surface area contributed by atoms with Gasteiger partial charge < -0.3 is 10.0 Å². The van der Waals surface area contributed by atoms with Crippen molar-refractivity contribution < 1.29 is 9.90 Å². The number of piperidine rings is 1. The predicted octanol–water partition coefficient (Wildman–Crippen LogP) is 2.42. The molecule has 5 nitrogen and oxygen atoms in total. The summed E-state index contributed by atoms with van der Waals surface area (Å²) < 4.78 is 1.93. The highest BCUT2D eigenvalue weighted by Gasteiger charge is 2.18. The number of aliphatic carboxylic acids is 1. The molecule has 0 spiro atoms. The van der Waals surface area contributed by atoms with E-state index in [1.807, 2.05) is 28.8 Å². The molecule has 3 rings (SSSR count). The fraction of sp³-hybridized carbons (Fsp3) is 0.333. The van der Waals surface area contributed by atoms with Crippen molar-refractivity contribution in [1.82, 2.24) is 9.38 Å². The standard InChI is InChI=1S/C15H17N3O2/c19-14(20)8-7-12-15(17-9-3-1-4-10-17)16-13-6-2-5-11-18(12)13/h2,5-8,11H,1,3-4,9-10H2,(H,19,20)/b8-7+. The molecule has 2 aromatic rings. The van der Waals surface area contributed by atoms with Gasteiger partial charge in [-0.05, 0) is 37.5 Å². The lowest BCUT2D eigenvalue weighted by Gasteiger charge is -2.27. The zero-order valence-corrected chi connectivity index (χ0v) is 11.2. The van der Waals surface area contributed by atoms with E-state index in [0.717, 1.165) is 43.1 Å². The topological polar surface area (TPSA) is 57.8 Å². The van der Waals surface area contributed by atoms with Crippen LogP contribution in [0.1, 0.15) is 25.0 Å². The van der Waals surface area contributed by atoms with Crippen molar-refractivity contribution in [3.05, 3.63) is 36.2 Å². The zero-order chi connectivity index (χ0) is 13.9. The van der Waals surface area contributed by atoms with Crippen molar-refractivity contribution in [2.24, 2.45) is 0 Å². The molecule has 0 aromatic carbocycles. The van der Waals surface area contributed by atoms with E-state index in [1.54, 1.807) is 6.08 Å². The van der Waals surface area contributed by atoms with Crippen LogP contribution >= 0.6 is 0 Å². The molecule has 1 saturated heterocycles. The summed E-state index contributed by atoms with van der Waals surface area (Å²) >= 11 is 0. The Kier molecular flexibility index (Phi) is 3.41. The predicted molar refractivity (Wildman–Crippen MR) is 77.9 cm³/mol. The van der Waals surface area contributed by atoms with Crippen LogP contribution in [0.15, 0.2) is 30.5 Å². The fourth-order valence-electron chi connectivity index (χ4n) is 2.65. The Hall–Kier alpha value is -2.30. The van der Waals surface area contributed by atoms with E-state index >= 15 is 0 Å². The van der Waals surface area contributed by atoms with Crippen LogP contribution in [0.3, 0.4) is 0 Å². The van der Waals surface area contributed by atoms with Crippen molar-refractivity contribution >= 4 is 23.5 Å². The lowest BCUT2D eigenvalue weighted by atomic mass is 10.1. The van der Waals surface area contributed by atoms with Crippen LogP contribution in [0.5, 0.6) is 0 Å². The Morgan fingerprint density at radius 3 is 2.80 bits per heavy atom. The minimum absolute atomic E-state index is 0.838. The number of carboxylic acids is 1. The lowest BCUT2D eigenvalue weighted by Crippen LogP contribution is -2.30. The summed E-state index contributed by atoms with van der Waals surface area (Å²) in [4.78, 5) is 17.7. The van der Waals surface area contributed by atoms with Gasteiger partial charge in [0.25, 0.3) is 0 Å². The number of imidazole rings is 1. The number of anilines is 1. The summed E-state index contributed by atoms with van der Waals surface area (Å²) in [6.45, 7) is 1.97. The SMILES string of the molecule is O=C(O)/C=C/c1c(N2CCCCC2)nc2ccccn12. The number of fused-ring (bicyclic) bond motifs is 1. The van der Waals surface area contributed by atoms with Crippen molar-refractivity contribution in [3.63, 3.8) is 0 Å². The Balaban J connectivity index is 2.09. The third-order valence-electron chi connectivity index (χ3n) is 3.59. The van der Waals surface area contributed by atoms with Crippen molar-refractivity contribution in [2.75, 3.05) is 18.0 Å². The summed E-state index contributed by atoms with van der Waals surface area (Å²) in [7, 11) is 0. The van der Waals surface area contributed by atoms with Crippen LogP contribution in [0.4, 0.5) is 5.82 Å². The maximum atomic E-state index is 10.8. The first kappa shape index (κ1) is 12.7. The normalized spacial score (nSPS) is 16.1. The van der Waals surface area contributed by atoms with E-state index in [2.05, 4.69) is 9.88 Å². The van der Waals surface area contributed by atoms with Gasteiger partial charge in [0, 0.05) is 25.4 Å². The Morgan fingerprint density at radius 2 is 2.05 bits per heavy atom. The Bertz CT molecular complexity index is 654. The number of rotatable bonds is 3. The summed E-state index contributed by atoms with van der Waals surface area (Å²) in [5.74, 6) is -0.0612. The average Bonchev–Trinajstić information content (AvgIpc) is 2.84. The first-order valence-corrected chi connectivity index (χ1v) is 6.89. The molecule has 5 heteroatoms. The first-order chi connectivity index (χ1) is 9.75. The molecule has 1 aliphatic rings. The van der Waals surface area contributed by atoms with Crippen LogP contribution < -0.4 is 4.90 Å². The zero-order valence-electron chi connectivity index (χ0n) is 11.2. The van der Waals surface area contributed by atoms with Crippen molar-refractivity contribution in [2.45, 2.75) is 19.3 Å². The smallest absolute Gasteiger partial charge is 0.328 e. The maximum Gasteiger partial charge on any atom is 0.328 e. The van der Waals surface area contributed by atoms with Gasteiger partial charge in [0.2, 0.25) is 0 Å². The summed E-state index contributed by atoms with van der Waals surface area (Å²) in [6.07, 6.45) is 8.30. The van der Waals surface area contributed by atoms with Crippen LogP contribution in [0.2, 0.25) is 0 Å². The molecule has 1 aliphatic heterocycles. The number of hydrogen-bond donors (Lipinski definition) is 1. The minimum Gasteiger partial charge on any atom is -0.478 e. The molecule has 0 bridgehead atoms.